The van der Waals surface area contributed by atoms with Crippen LogP contribution in [0.25, 0.3) is 0 Å². The average Bonchev–Trinajstić information content (AvgIpc) is 3.37. The maximum Gasteiger partial charge on any atom is 0.269 e. The van der Waals surface area contributed by atoms with E-state index in [4.69, 9.17) is 14.6 Å². The van der Waals surface area contributed by atoms with E-state index in [0.29, 0.717) is 17.9 Å². The minimum atomic E-state index is -0.429. The van der Waals surface area contributed by atoms with Crippen LogP contribution in [0, 0.1) is 10.1 Å². The first-order chi connectivity index (χ1) is 16.5. The molecule has 178 valence electrons. The Morgan fingerprint density at radius 3 is 2.35 bits per heavy atom. The summed E-state index contributed by atoms with van der Waals surface area (Å²) in [5, 5.41) is 17.6. The fraction of sp³-hybridized carbons (Fsp3) is 0.440. The van der Waals surface area contributed by atoms with Gasteiger partial charge in [0.15, 0.2) is 11.5 Å². The molecule has 1 aliphatic carbocycles. The molecule has 0 aromatic heterocycles. The van der Waals surface area contributed by atoms with Crippen molar-refractivity contribution in [1.82, 2.24) is 9.91 Å². The molecule has 2 heterocycles. The second kappa shape index (κ2) is 9.06. The molecule has 9 nitrogen and oxygen atoms in total. The van der Waals surface area contributed by atoms with E-state index >= 15 is 0 Å². The van der Waals surface area contributed by atoms with Crippen molar-refractivity contribution in [2.45, 2.75) is 50.7 Å². The van der Waals surface area contributed by atoms with Crippen LogP contribution in [-0.4, -0.2) is 47.2 Å². The SMILES string of the molecule is COc1cc2c(cc1OC)[C@H]1CC(=O)N(N=C3CCCC3)[C@H](c3ccc([N+](=O)[O-])cc3)N1CC2. The highest BCUT2D eigenvalue weighted by Gasteiger charge is 2.44. The molecule has 0 bridgehead atoms. The monoisotopic (exact) mass is 464 g/mol. The lowest BCUT2D eigenvalue weighted by atomic mass is 9.87. The number of fused-ring (bicyclic) bond motifs is 3. The van der Waals surface area contributed by atoms with Crippen LogP contribution in [0.15, 0.2) is 41.5 Å². The molecule has 0 spiro atoms. The lowest BCUT2D eigenvalue weighted by molar-refractivity contribution is -0.384. The van der Waals surface area contributed by atoms with Gasteiger partial charge in [-0.05, 0) is 73.1 Å². The van der Waals surface area contributed by atoms with Crippen molar-refractivity contribution in [3.63, 3.8) is 0 Å². The second-order valence-corrected chi connectivity index (χ2v) is 8.95. The van der Waals surface area contributed by atoms with Crippen molar-refractivity contribution in [3.05, 3.63) is 63.2 Å². The lowest BCUT2D eigenvalue weighted by Crippen LogP contribution is -2.52. The normalized spacial score (nSPS) is 22.2. The third-order valence-electron chi connectivity index (χ3n) is 7.05. The summed E-state index contributed by atoms with van der Waals surface area (Å²) < 4.78 is 11.0. The maximum atomic E-state index is 13.5. The summed E-state index contributed by atoms with van der Waals surface area (Å²) in [6.45, 7) is 0.726. The molecular formula is C25H28N4O5. The van der Waals surface area contributed by atoms with Gasteiger partial charge in [0.25, 0.3) is 5.69 Å². The number of carbonyl (C=O) groups is 1. The molecule has 34 heavy (non-hydrogen) atoms. The van der Waals surface area contributed by atoms with Crippen LogP contribution < -0.4 is 9.47 Å². The summed E-state index contributed by atoms with van der Waals surface area (Å²) in [4.78, 5) is 26.6. The quantitative estimate of drug-likeness (QED) is 0.481. The number of rotatable bonds is 5. The first-order valence-corrected chi connectivity index (χ1v) is 11.6. The van der Waals surface area contributed by atoms with Gasteiger partial charge in [0, 0.05) is 36.9 Å². The minimum Gasteiger partial charge on any atom is -0.493 e. The zero-order valence-electron chi connectivity index (χ0n) is 19.4. The van der Waals surface area contributed by atoms with E-state index < -0.39 is 11.1 Å². The van der Waals surface area contributed by atoms with Gasteiger partial charge in [-0.2, -0.15) is 5.10 Å². The zero-order chi connectivity index (χ0) is 23.8. The predicted octanol–water partition coefficient (Wildman–Crippen LogP) is 4.37. The molecule has 5 rings (SSSR count). The Bertz CT molecular complexity index is 1140. The van der Waals surface area contributed by atoms with Crippen molar-refractivity contribution in [3.8, 4) is 11.5 Å². The van der Waals surface area contributed by atoms with E-state index in [1.165, 1.54) is 12.1 Å². The van der Waals surface area contributed by atoms with Crippen LogP contribution >= 0.6 is 0 Å². The van der Waals surface area contributed by atoms with Gasteiger partial charge in [0.1, 0.15) is 6.17 Å². The molecular weight excluding hydrogens is 436 g/mol. The van der Waals surface area contributed by atoms with Gasteiger partial charge in [0.2, 0.25) is 5.91 Å². The van der Waals surface area contributed by atoms with Gasteiger partial charge in [-0.1, -0.05) is 0 Å². The van der Waals surface area contributed by atoms with Crippen LogP contribution in [0.1, 0.15) is 61.0 Å². The average molecular weight is 465 g/mol. The molecule has 1 amide bonds. The molecule has 1 saturated carbocycles. The third kappa shape index (κ3) is 3.90. The van der Waals surface area contributed by atoms with Crippen LogP contribution in [0.3, 0.4) is 0 Å². The Balaban J connectivity index is 1.58. The molecule has 9 heteroatoms. The molecule has 2 atom stereocenters. The summed E-state index contributed by atoms with van der Waals surface area (Å²) in [7, 11) is 3.23. The van der Waals surface area contributed by atoms with Crippen LogP contribution in [-0.2, 0) is 11.2 Å². The molecule has 0 unspecified atom stereocenters. The van der Waals surface area contributed by atoms with Gasteiger partial charge in [-0.15, -0.1) is 0 Å². The van der Waals surface area contributed by atoms with Crippen molar-refractivity contribution in [2.75, 3.05) is 20.8 Å². The number of non-ortho nitro benzene ring substituents is 1. The Labute approximate surface area is 198 Å². The molecule has 3 aliphatic rings. The molecule has 2 aromatic rings. The van der Waals surface area contributed by atoms with Crippen LogP contribution in [0.2, 0.25) is 0 Å². The number of benzene rings is 2. The van der Waals surface area contributed by atoms with Crippen molar-refractivity contribution in [2.24, 2.45) is 5.10 Å². The van der Waals surface area contributed by atoms with Gasteiger partial charge < -0.3 is 9.47 Å². The number of hydrogen-bond donors (Lipinski definition) is 0. The van der Waals surface area contributed by atoms with Crippen molar-refractivity contribution < 1.29 is 19.2 Å². The largest absolute Gasteiger partial charge is 0.493 e. The topological polar surface area (TPSA) is 97.5 Å². The molecule has 2 fully saturated rings. The van der Waals surface area contributed by atoms with E-state index in [0.717, 1.165) is 61.1 Å². The highest BCUT2D eigenvalue weighted by molar-refractivity contribution is 5.88. The number of amides is 1. The highest BCUT2D eigenvalue weighted by Crippen LogP contribution is 2.47. The smallest absolute Gasteiger partial charge is 0.269 e. The fourth-order valence-corrected chi connectivity index (χ4v) is 5.35. The Hall–Kier alpha value is -3.46. The minimum absolute atomic E-state index is 0.0249. The number of nitro groups is 1. The number of methoxy groups -OCH3 is 2. The summed E-state index contributed by atoms with van der Waals surface area (Å²) in [5.74, 6) is 1.26. The summed E-state index contributed by atoms with van der Waals surface area (Å²) in [6, 6.07) is 10.3. The Morgan fingerprint density at radius 2 is 1.71 bits per heavy atom. The summed E-state index contributed by atoms with van der Waals surface area (Å²) in [5.41, 5.74) is 4.08. The van der Waals surface area contributed by atoms with E-state index in [1.807, 2.05) is 12.1 Å². The second-order valence-electron chi connectivity index (χ2n) is 8.95. The third-order valence-corrected chi connectivity index (χ3v) is 7.05. The fourth-order valence-electron chi connectivity index (χ4n) is 5.35. The molecule has 0 radical (unpaired) electrons. The van der Waals surface area contributed by atoms with Crippen molar-refractivity contribution >= 4 is 17.3 Å². The standard InChI is InChI=1S/C25H28N4O5/c1-33-22-13-17-11-12-27-21(20(17)14-23(22)34-2)15-24(30)28(26-18-5-3-4-6-18)25(27)16-7-9-19(10-8-16)29(31)32/h7-10,13-14,21,25H,3-6,11-12,15H2,1-2H3/t21-,25-/m1/s1. The first kappa shape index (κ1) is 22.3. The zero-order valence-corrected chi connectivity index (χ0v) is 19.4. The molecule has 2 aromatic carbocycles. The van der Waals surface area contributed by atoms with E-state index in [2.05, 4.69) is 4.90 Å². The van der Waals surface area contributed by atoms with Gasteiger partial charge in [-0.25, -0.2) is 5.01 Å². The summed E-state index contributed by atoms with van der Waals surface area (Å²) in [6.07, 6.45) is 4.65. The van der Waals surface area contributed by atoms with Gasteiger partial charge in [-0.3, -0.25) is 19.8 Å². The maximum absolute atomic E-state index is 13.5. The predicted molar refractivity (Wildman–Crippen MR) is 126 cm³/mol. The van der Waals surface area contributed by atoms with E-state index in [-0.39, 0.29) is 17.6 Å². The number of nitrogens with zero attached hydrogens (tertiary/aromatic N) is 4. The number of carbonyl (C=O) groups excluding carboxylic acids is 1. The first-order valence-electron chi connectivity index (χ1n) is 11.6. The number of ether oxygens (including phenoxy) is 2. The van der Waals surface area contributed by atoms with Gasteiger partial charge in [0.05, 0.1) is 19.1 Å². The van der Waals surface area contributed by atoms with E-state index in [1.54, 1.807) is 31.4 Å². The highest BCUT2D eigenvalue weighted by atomic mass is 16.6. The molecule has 0 N–H and O–H groups in total. The van der Waals surface area contributed by atoms with Gasteiger partial charge >= 0.3 is 0 Å². The Morgan fingerprint density at radius 1 is 1.03 bits per heavy atom. The lowest BCUT2D eigenvalue weighted by Gasteiger charge is -2.49. The number of hydrazone groups is 1. The Kier molecular flexibility index (Phi) is 5.95. The number of hydrogen-bond acceptors (Lipinski definition) is 7. The molecule has 2 aliphatic heterocycles. The summed E-state index contributed by atoms with van der Waals surface area (Å²) >= 11 is 0. The van der Waals surface area contributed by atoms with Crippen molar-refractivity contribution in [1.29, 1.82) is 0 Å². The molecule has 1 saturated heterocycles. The van der Waals surface area contributed by atoms with Crippen LogP contribution in [0.5, 0.6) is 11.5 Å². The van der Waals surface area contributed by atoms with Crippen LogP contribution in [0.4, 0.5) is 5.69 Å². The number of nitro benzene ring substituents is 1. The van der Waals surface area contributed by atoms with E-state index in [9.17, 15) is 14.9 Å².